The van der Waals surface area contributed by atoms with Gasteiger partial charge in [0.2, 0.25) is 0 Å². The molecule has 4 nitrogen and oxygen atoms in total. The van der Waals surface area contributed by atoms with Gasteiger partial charge in [0.25, 0.3) is 0 Å². The Balaban J connectivity index is 3.38. The van der Waals surface area contributed by atoms with Gasteiger partial charge in [-0.2, -0.15) is 0 Å². The van der Waals surface area contributed by atoms with Crippen molar-refractivity contribution in [2.75, 3.05) is 19.8 Å². The van der Waals surface area contributed by atoms with Gasteiger partial charge in [-0.1, -0.05) is 262 Å². The number of esters is 1. The molecule has 1 unspecified atom stereocenters. The van der Waals surface area contributed by atoms with Crippen molar-refractivity contribution in [1.29, 1.82) is 0 Å². The highest BCUT2D eigenvalue weighted by molar-refractivity contribution is 5.69. The lowest BCUT2D eigenvalue weighted by molar-refractivity contribution is -0.154. The number of hydrogen-bond donors (Lipinski definition) is 1. The molecule has 0 saturated carbocycles. The molecule has 0 aliphatic carbocycles. The standard InChI is InChI=1S/C55H102O4/c1-3-5-7-9-11-13-15-17-19-21-23-25-27-28-29-30-32-34-36-38-40-42-44-46-48-50-55(57)59-54(52-56)53-58-51-49-47-45-43-41-39-37-35-33-31-26-24-22-20-18-16-14-12-10-8-6-4-2/h5,7,11,13,17,19,23,25,54,56H,3-4,6,8-10,12,14-16,18,20-22,24,26-53H2,1-2H3/b7-5-,13-11-,19-17-,25-23-. The fraction of sp³-hybridized carbons (Fsp3) is 0.836. The Bertz CT molecular complexity index is 920. The predicted molar refractivity (Wildman–Crippen MR) is 260 cm³/mol. The average molecular weight is 827 g/mol. The second-order valence-corrected chi connectivity index (χ2v) is 17.6. The number of allylic oxidation sites excluding steroid dienone is 8. The summed E-state index contributed by atoms with van der Waals surface area (Å²) in [6, 6.07) is 0. The van der Waals surface area contributed by atoms with Crippen LogP contribution in [0.2, 0.25) is 0 Å². The molecule has 0 amide bonds. The number of ether oxygens (including phenoxy) is 2. The minimum absolute atomic E-state index is 0.170. The first kappa shape index (κ1) is 57.3. The zero-order valence-electron chi connectivity index (χ0n) is 39.8. The van der Waals surface area contributed by atoms with Crippen LogP contribution in [0.5, 0.6) is 0 Å². The maximum atomic E-state index is 12.3. The van der Waals surface area contributed by atoms with Gasteiger partial charge in [0.1, 0.15) is 6.10 Å². The molecule has 0 heterocycles. The van der Waals surface area contributed by atoms with Gasteiger partial charge in [-0.15, -0.1) is 0 Å². The van der Waals surface area contributed by atoms with Crippen molar-refractivity contribution in [3.8, 4) is 0 Å². The van der Waals surface area contributed by atoms with Gasteiger partial charge in [0, 0.05) is 13.0 Å². The molecule has 0 fully saturated rings. The molecule has 0 aromatic rings. The highest BCUT2D eigenvalue weighted by Gasteiger charge is 2.13. The van der Waals surface area contributed by atoms with E-state index in [0.717, 1.165) is 44.9 Å². The van der Waals surface area contributed by atoms with Crippen LogP contribution in [0.1, 0.15) is 271 Å². The smallest absolute Gasteiger partial charge is 0.306 e. The Morgan fingerprint density at radius 2 is 0.763 bits per heavy atom. The summed E-state index contributed by atoms with van der Waals surface area (Å²) in [6.07, 6.45) is 69.2. The van der Waals surface area contributed by atoms with E-state index in [-0.39, 0.29) is 12.6 Å². The van der Waals surface area contributed by atoms with Crippen LogP contribution in [-0.4, -0.2) is 37.0 Å². The summed E-state index contributed by atoms with van der Waals surface area (Å²) in [7, 11) is 0. The van der Waals surface area contributed by atoms with Crippen LogP contribution in [0.3, 0.4) is 0 Å². The Labute approximate surface area is 369 Å². The maximum absolute atomic E-state index is 12.3. The van der Waals surface area contributed by atoms with Crippen molar-refractivity contribution in [3.63, 3.8) is 0 Å². The molecule has 0 radical (unpaired) electrons. The molecule has 0 aromatic heterocycles. The Morgan fingerprint density at radius 1 is 0.424 bits per heavy atom. The molecule has 0 bridgehead atoms. The fourth-order valence-electron chi connectivity index (χ4n) is 7.79. The van der Waals surface area contributed by atoms with Crippen LogP contribution in [0.25, 0.3) is 0 Å². The van der Waals surface area contributed by atoms with E-state index in [0.29, 0.717) is 19.6 Å². The molecule has 0 aliphatic rings. The Morgan fingerprint density at radius 3 is 1.15 bits per heavy atom. The van der Waals surface area contributed by atoms with E-state index in [2.05, 4.69) is 62.5 Å². The van der Waals surface area contributed by atoms with E-state index in [1.54, 1.807) is 0 Å². The highest BCUT2D eigenvalue weighted by atomic mass is 16.6. The van der Waals surface area contributed by atoms with Crippen molar-refractivity contribution in [2.45, 2.75) is 277 Å². The van der Waals surface area contributed by atoms with Gasteiger partial charge < -0.3 is 14.6 Å². The third-order valence-electron chi connectivity index (χ3n) is 11.7. The van der Waals surface area contributed by atoms with Gasteiger partial charge in [-0.3, -0.25) is 4.79 Å². The van der Waals surface area contributed by atoms with Crippen LogP contribution >= 0.6 is 0 Å². The molecule has 0 aliphatic heterocycles. The van der Waals surface area contributed by atoms with Crippen LogP contribution in [-0.2, 0) is 14.3 Å². The van der Waals surface area contributed by atoms with Crippen molar-refractivity contribution in [3.05, 3.63) is 48.6 Å². The van der Waals surface area contributed by atoms with Crippen molar-refractivity contribution in [1.82, 2.24) is 0 Å². The maximum Gasteiger partial charge on any atom is 0.306 e. The van der Waals surface area contributed by atoms with E-state index >= 15 is 0 Å². The van der Waals surface area contributed by atoms with Crippen molar-refractivity contribution >= 4 is 5.97 Å². The molecular weight excluding hydrogens is 725 g/mol. The topological polar surface area (TPSA) is 55.8 Å². The van der Waals surface area contributed by atoms with Gasteiger partial charge in [-0.05, 0) is 51.4 Å². The van der Waals surface area contributed by atoms with Gasteiger partial charge >= 0.3 is 5.97 Å². The van der Waals surface area contributed by atoms with Crippen LogP contribution in [0.4, 0.5) is 0 Å². The quantitative estimate of drug-likeness (QED) is 0.0377. The first-order valence-corrected chi connectivity index (χ1v) is 26.2. The molecule has 1 N–H and O–H groups in total. The summed E-state index contributed by atoms with van der Waals surface area (Å²) in [5.41, 5.74) is 0. The van der Waals surface area contributed by atoms with E-state index in [9.17, 15) is 9.90 Å². The summed E-state index contributed by atoms with van der Waals surface area (Å²) in [5, 5.41) is 9.66. The fourth-order valence-corrected chi connectivity index (χ4v) is 7.79. The van der Waals surface area contributed by atoms with Gasteiger partial charge in [-0.25, -0.2) is 0 Å². The minimum Gasteiger partial charge on any atom is -0.457 e. The SMILES string of the molecule is CC/C=C\C/C=C\C/C=C\C/C=C\CCCCCCCCCCCCCCC(=O)OC(CO)COCCCCCCCCCCCCCCCCCCCCCCCC. The second-order valence-electron chi connectivity index (χ2n) is 17.6. The first-order chi connectivity index (χ1) is 29.2. The second kappa shape index (κ2) is 52.5. The summed E-state index contributed by atoms with van der Waals surface area (Å²) < 4.78 is 11.2. The Kier molecular flexibility index (Phi) is 51.0. The summed E-state index contributed by atoms with van der Waals surface area (Å²) in [5.74, 6) is -0.199. The van der Waals surface area contributed by atoms with E-state index < -0.39 is 6.10 Å². The lowest BCUT2D eigenvalue weighted by Crippen LogP contribution is -2.27. The lowest BCUT2D eigenvalue weighted by atomic mass is 10.0. The number of aliphatic hydroxyl groups excluding tert-OH is 1. The predicted octanol–water partition coefficient (Wildman–Crippen LogP) is 17.8. The monoisotopic (exact) mass is 827 g/mol. The van der Waals surface area contributed by atoms with Gasteiger partial charge in [0.15, 0.2) is 0 Å². The molecule has 0 aromatic carbocycles. The molecular formula is C55H102O4. The highest BCUT2D eigenvalue weighted by Crippen LogP contribution is 2.16. The van der Waals surface area contributed by atoms with E-state index in [1.165, 1.54) is 205 Å². The minimum atomic E-state index is -0.535. The van der Waals surface area contributed by atoms with Crippen LogP contribution in [0.15, 0.2) is 48.6 Å². The van der Waals surface area contributed by atoms with Gasteiger partial charge in [0.05, 0.1) is 13.2 Å². The molecule has 0 saturated heterocycles. The largest absolute Gasteiger partial charge is 0.457 e. The average Bonchev–Trinajstić information content (AvgIpc) is 3.24. The van der Waals surface area contributed by atoms with E-state index in [1.807, 2.05) is 0 Å². The molecule has 59 heavy (non-hydrogen) atoms. The number of hydrogen-bond acceptors (Lipinski definition) is 4. The molecule has 0 spiro atoms. The molecule has 1 atom stereocenters. The first-order valence-electron chi connectivity index (χ1n) is 26.2. The number of rotatable bonds is 49. The third kappa shape index (κ3) is 50.6. The van der Waals surface area contributed by atoms with Crippen molar-refractivity contribution < 1.29 is 19.4 Å². The molecule has 0 rings (SSSR count). The number of carbonyl (C=O) groups excluding carboxylic acids is 1. The number of unbranched alkanes of at least 4 members (excludes halogenated alkanes) is 33. The zero-order chi connectivity index (χ0) is 42.6. The van der Waals surface area contributed by atoms with Crippen LogP contribution < -0.4 is 0 Å². The summed E-state index contributed by atoms with van der Waals surface area (Å²) in [4.78, 5) is 12.3. The Hall–Kier alpha value is -1.65. The van der Waals surface area contributed by atoms with Crippen molar-refractivity contribution in [2.24, 2.45) is 0 Å². The number of carbonyl (C=O) groups is 1. The van der Waals surface area contributed by atoms with E-state index in [4.69, 9.17) is 9.47 Å². The summed E-state index contributed by atoms with van der Waals surface area (Å²) in [6.45, 7) is 5.28. The normalized spacial score (nSPS) is 12.7. The van der Waals surface area contributed by atoms with Crippen LogP contribution in [0, 0.1) is 0 Å². The lowest BCUT2D eigenvalue weighted by Gasteiger charge is -2.16. The third-order valence-corrected chi connectivity index (χ3v) is 11.7. The molecule has 4 heteroatoms. The molecule has 346 valence electrons. The zero-order valence-corrected chi connectivity index (χ0v) is 39.8. The number of aliphatic hydroxyl groups is 1. The summed E-state index contributed by atoms with van der Waals surface area (Å²) >= 11 is 0.